The first kappa shape index (κ1) is 15.9. The van der Waals surface area contributed by atoms with Crippen LogP contribution in [-0.4, -0.2) is 33.8 Å². The van der Waals surface area contributed by atoms with Crippen molar-refractivity contribution in [2.75, 3.05) is 7.11 Å². The molecule has 22 heavy (non-hydrogen) atoms. The zero-order valence-electron chi connectivity index (χ0n) is 11.1. The van der Waals surface area contributed by atoms with Gasteiger partial charge in [0.05, 0.1) is 12.8 Å². The summed E-state index contributed by atoms with van der Waals surface area (Å²) >= 11 is 0. The molecule has 0 unspecified atom stereocenters. The van der Waals surface area contributed by atoms with Gasteiger partial charge in [0, 0.05) is 5.56 Å². The summed E-state index contributed by atoms with van der Waals surface area (Å²) in [7, 11) is -3.00. The van der Waals surface area contributed by atoms with Crippen molar-refractivity contribution in [1.29, 1.82) is 0 Å². The van der Waals surface area contributed by atoms with Crippen LogP contribution in [0.4, 0.5) is 8.78 Å². The number of halogens is 2. The van der Waals surface area contributed by atoms with E-state index in [4.69, 9.17) is 0 Å². The van der Waals surface area contributed by atoms with E-state index in [1.165, 1.54) is 30.3 Å². The molecule has 0 spiro atoms. The Morgan fingerprint density at radius 3 is 2.45 bits per heavy atom. The molecule has 0 aromatic heterocycles. The SMILES string of the molecule is COC(=O)C1=CC(c2ccc(OC(F)F)cc2)=NS(=O)(=O)N1. The Morgan fingerprint density at radius 1 is 1.27 bits per heavy atom. The number of allylic oxidation sites excluding steroid dienone is 1. The molecular weight excluding hydrogens is 322 g/mol. The highest BCUT2D eigenvalue weighted by Gasteiger charge is 2.24. The number of hydrogen-bond acceptors (Lipinski definition) is 5. The van der Waals surface area contributed by atoms with Crippen LogP contribution in [0.5, 0.6) is 5.75 Å². The molecule has 0 bridgehead atoms. The first-order valence-electron chi connectivity index (χ1n) is 5.79. The molecule has 1 aliphatic heterocycles. The van der Waals surface area contributed by atoms with Crippen molar-refractivity contribution in [2.24, 2.45) is 4.40 Å². The van der Waals surface area contributed by atoms with Crippen molar-refractivity contribution in [3.05, 3.63) is 41.6 Å². The Kier molecular flexibility index (Phi) is 4.40. The predicted octanol–water partition coefficient (Wildman–Crippen LogP) is 0.982. The van der Waals surface area contributed by atoms with Crippen molar-refractivity contribution in [3.63, 3.8) is 0 Å². The number of benzene rings is 1. The number of nitrogens with one attached hydrogen (secondary N) is 1. The Balaban J connectivity index is 2.35. The van der Waals surface area contributed by atoms with Gasteiger partial charge in [-0.15, -0.1) is 4.40 Å². The fraction of sp³-hybridized carbons (Fsp3) is 0.167. The van der Waals surface area contributed by atoms with Crippen LogP contribution in [-0.2, 0) is 19.7 Å². The fourth-order valence-electron chi connectivity index (χ4n) is 1.64. The fourth-order valence-corrected chi connectivity index (χ4v) is 2.52. The summed E-state index contributed by atoms with van der Waals surface area (Å²) < 4.78 is 61.3. The monoisotopic (exact) mass is 332 g/mol. The molecular formula is C12H10F2N2O5S. The standard InChI is InChI=1S/C12H10F2N2O5S/c1-20-11(17)10-6-9(15-22(18,19)16-10)7-2-4-8(5-3-7)21-12(13)14/h2-6,12,16H,1H3. The van der Waals surface area contributed by atoms with E-state index in [9.17, 15) is 22.0 Å². The average molecular weight is 332 g/mol. The molecule has 1 aliphatic rings. The van der Waals surface area contributed by atoms with E-state index in [2.05, 4.69) is 13.9 Å². The van der Waals surface area contributed by atoms with Crippen molar-refractivity contribution < 1.29 is 31.5 Å². The third kappa shape index (κ3) is 3.79. The number of esters is 1. The van der Waals surface area contributed by atoms with E-state index in [-0.39, 0.29) is 17.2 Å². The molecule has 10 heteroatoms. The molecule has 0 saturated carbocycles. The number of hydrogen-bond donors (Lipinski definition) is 1. The van der Waals surface area contributed by atoms with Crippen LogP contribution in [0.2, 0.25) is 0 Å². The summed E-state index contributed by atoms with van der Waals surface area (Å²) in [6, 6.07) is 5.13. The molecule has 1 heterocycles. The van der Waals surface area contributed by atoms with Crippen molar-refractivity contribution in [3.8, 4) is 5.75 Å². The quantitative estimate of drug-likeness (QED) is 0.830. The zero-order valence-corrected chi connectivity index (χ0v) is 11.9. The lowest BCUT2D eigenvalue weighted by molar-refractivity contribution is -0.136. The molecule has 1 aromatic rings. The van der Waals surface area contributed by atoms with Crippen LogP contribution in [0.25, 0.3) is 0 Å². The van der Waals surface area contributed by atoms with Crippen LogP contribution < -0.4 is 9.46 Å². The van der Waals surface area contributed by atoms with E-state index < -0.39 is 22.8 Å². The van der Waals surface area contributed by atoms with Gasteiger partial charge < -0.3 is 9.47 Å². The lowest BCUT2D eigenvalue weighted by Gasteiger charge is -2.14. The number of carbonyl (C=O) groups excluding carboxylic acids is 1. The van der Waals surface area contributed by atoms with Crippen LogP contribution in [0.15, 0.2) is 40.4 Å². The Morgan fingerprint density at radius 2 is 1.91 bits per heavy atom. The lowest BCUT2D eigenvalue weighted by atomic mass is 10.1. The summed E-state index contributed by atoms with van der Waals surface area (Å²) in [5.41, 5.74) is -0.0451. The third-order valence-electron chi connectivity index (χ3n) is 2.52. The Bertz CT molecular complexity index is 741. The summed E-state index contributed by atoms with van der Waals surface area (Å²) in [5.74, 6) is -0.970. The molecule has 0 fully saturated rings. The molecule has 7 nitrogen and oxygen atoms in total. The number of nitrogens with zero attached hydrogens (tertiary/aromatic N) is 1. The number of ether oxygens (including phenoxy) is 2. The summed E-state index contributed by atoms with van der Waals surface area (Å²) in [6.07, 6.45) is 1.18. The van der Waals surface area contributed by atoms with Gasteiger partial charge in [0.1, 0.15) is 11.4 Å². The summed E-state index contributed by atoms with van der Waals surface area (Å²) in [5, 5.41) is 0. The zero-order chi connectivity index (χ0) is 16.3. The maximum Gasteiger partial charge on any atom is 0.387 e. The van der Waals surface area contributed by atoms with Crippen molar-refractivity contribution >= 4 is 21.9 Å². The molecule has 0 amide bonds. The molecule has 0 aliphatic carbocycles. The Labute approximate surface area is 124 Å². The maximum atomic E-state index is 12.1. The van der Waals surface area contributed by atoms with Gasteiger partial charge in [0.25, 0.3) is 0 Å². The van der Waals surface area contributed by atoms with Gasteiger partial charge in [-0.05, 0) is 30.3 Å². The largest absolute Gasteiger partial charge is 0.464 e. The van der Waals surface area contributed by atoms with Gasteiger partial charge in [-0.2, -0.15) is 17.2 Å². The van der Waals surface area contributed by atoms with E-state index in [1.54, 1.807) is 0 Å². The van der Waals surface area contributed by atoms with Gasteiger partial charge in [0.15, 0.2) is 0 Å². The van der Waals surface area contributed by atoms with Gasteiger partial charge in [-0.25, -0.2) is 4.79 Å². The minimum absolute atomic E-state index is 0.0391. The first-order chi connectivity index (χ1) is 10.3. The second-order valence-electron chi connectivity index (χ2n) is 4.01. The first-order valence-corrected chi connectivity index (χ1v) is 7.23. The van der Waals surface area contributed by atoms with E-state index in [0.717, 1.165) is 7.11 Å². The Hall–Kier alpha value is -2.49. The van der Waals surface area contributed by atoms with Crippen LogP contribution in [0.1, 0.15) is 5.56 Å². The minimum atomic E-state index is -4.10. The van der Waals surface area contributed by atoms with Crippen LogP contribution >= 0.6 is 0 Å². The van der Waals surface area contributed by atoms with Crippen molar-refractivity contribution in [1.82, 2.24) is 4.72 Å². The van der Waals surface area contributed by atoms with Gasteiger partial charge >= 0.3 is 22.8 Å². The molecule has 2 rings (SSSR count). The number of carbonyl (C=O) groups is 1. The van der Waals surface area contributed by atoms with Gasteiger partial charge in [0.2, 0.25) is 0 Å². The predicted molar refractivity (Wildman–Crippen MR) is 71.8 cm³/mol. The normalized spacial score (nSPS) is 16.4. The number of rotatable bonds is 4. The summed E-state index contributed by atoms with van der Waals surface area (Å²) in [6.45, 7) is -2.96. The highest BCUT2D eigenvalue weighted by molar-refractivity contribution is 7.88. The van der Waals surface area contributed by atoms with E-state index >= 15 is 0 Å². The average Bonchev–Trinajstić information content (AvgIpc) is 2.44. The van der Waals surface area contributed by atoms with Crippen molar-refractivity contribution in [2.45, 2.75) is 6.61 Å². The third-order valence-corrected chi connectivity index (χ3v) is 3.43. The molecule has 118 valence electrons. The molecule has 0 radical (unpaired) electrons. The second-order valence-corrected chi connectivity index (χ2v) is 5.34. The van der Waals surface area contributed by atoms with Crippen LogP contribution in [0, 0.1) is 0 Å². The second kappa shape index (κ2) is 6.10. The molecule has 0 atom stereocenters. The topological polar surface area (TPSA) is 94.1 Å². The minimum Gasteiger partial charge on any atom is -0.464 e. The highest BCUT2D eigenvalue weighted by atomic mass is 32.2. The summed E-state index contributed by atoms with van der Waals surface area (Å²) in [4.78, 5) is 11.4. The van der Waals surface area contributed by atoms with Gasteiger partial charge in [-0.1, -0.05) is 0 Å². The maximum absolute atomic E-state index is 12.1. The smallest absolute Gasteiger partial charge is 0.387 e. The molecule has 0 saturated heterocycles. The van der Waals surface area contributed by atoms with E-state index in [0.29, 0.717) is 5.56 Å². The number of methoxy groups -OCH3 is 1. The molecule has 1 aromatic carbocycles. The lowest BCUT2D eigenvalue weighted by Crippen LogP contribution is -2.31. The highest BCUT2D eigenvalue weighted by Crippen LogP contribution is 2.18. The van der Waals surface area contributed by atoms with Gasteiger partial charge in [-0.3, -0.25) is 4.72 Å². The molecule has 1 N–H and O–H groups in total. The van der Waals surface area contributed by atoms with E-state index in [1.807, 2.05) is 4.72 Å². The van der Waals surface area contributed by atoms with Crippen LogP contribution in [0.3, 0.4) is 0 Å². The number of alkyl halides is 2.